The van der Waals surface area contributed by atoms with Crippen molar-refractivity contribution in [1.82, 2.24) is 13.9 Å². The first-order chi connectivity index (χ1) is 13.8. The van der Waals surface area contributed by atoms with Gasteiger partial charge in [0.2, 0.25) is 10.0 Å². The number of carbonyl (C=O) groups is 1. The number of imidazole rings is 1. The van der Waals surface area contributed by atoms with E-state index in [0.29, 0.717) is 29.1 Å². The highest BCUT2D eigenvalue weighted by molar-refractivity contribution is 7.89. The van der Waals surface area contributed by atoms with Gasteiger partial charge in [-0.25, -0.2) is 17.8 Å². The predicted octanol–water partition coefficient (Wildman–Crippen LogP) is 3.90. The Kier molecular flexibility index (Phi) is 5.95. The molecule has 8 heteroatoms. The van der Waals surface area contributed by atoms with Crippen LogP contribution in [0.3, 0.4) is 0 Å². The number of rotatable bonds is 7. The number of nitrogens with zero attached hydrogens (tertiary/aromatic N) is 3. The molecule has 0 aliphatic heterocycles. The molecule has 3 aromatic rings. The first kappa shape index (κ1) is 20.9. The summed E-state index contributed by atoms with van der Waals surface area (Å²) in [6.07, 6.45) is 0.695. The van der Waals surface area contributed by atoms with Gasteiger partial charge in [-0.2, -0.15) is 4.31 Å². The molecule has 1 heterocycles. The summed E-state index contributed by atoms with van der Waals surface area (Å²) in [4.78, 5) is 16.6. The van der Waals surface area contributed by atoms with Crippen molar-refractivity contribution in [3.05, 3.63) is 71.9 Å². The molecule has 0 atom stereocenters. The zero-order valence-electron chi connectivity index (χ0n) is 16.4. The summed E-state index contributed by atoms with van der Waals surface area (Å²) in [7, 11) is -2.25. The summed E-state index contributed by atoms with van der Waals surface area (Å²) in [6, 6.07) is 13.7. The number of carbonyl (C=O) groups excluding carboxylic acids is 1. The van der Waals surface area contributed by atoms with Gasteiger partial charge in [-0.15, -0.1) is 0 Å². The number of aromatic nitrogens is 2. The van der Waals surface area contributed by atoms with Crippen LogP contribution in [0.4, 0.5) is 4.39 Å². The highest BCUT2D eigenvalue weighted by Gasteiger charge is 2.26. The van der Waals surface area contributed by atoms with Gasteiger partial charge in [-0.05, 0) is 50.2 Å². The Balaban J connectivity index is 2.05. The van der Waals surface area contributed by atoms with Gasteiger partial charge >= 0.3 is 0 Å². The fourth-order valence-electron chi connectivity index (χ4n) is 3.17. The summed E-state index contributed by atoms with van der Waals surface area (Å²) in [5.41, 5.74) is 1.31. The zero-order chi connectivity index (χ0) is 21.2. The molecule has 2 aromatic carbocycles. The fourth-order valence-corrected chi connectivity index (χ4v) is 4.32. The summed E-state index contributed by atoms with van der Waals surface area (Å²) >= 11 is 0. The molecule has 0 saturated carbocycles. The van der Waals surface area contributed by atoms with Crippen LogP contribution in [0.15, 0.2) is 59.5 Å². The van der Waals surface area contributed by atoms with Crippen LogP contribution in [0, 0.1) is 5.82 Å². The predicted molar refractivity (Wildman–Crippen MR) is 108 cm³/mol. The topological polar surface area (TPSA) is 72.3 Å². The van der Waals surface area contributed by atoms with Gasteiger partial charge in [0.25, 0.3) is 0 Å². The molecule has 6 nitrogen and oxygen atoms in total. The molecule has 0 saturated heterocycles. The van der Waals surface area contributed by atoms with E-state index in [2.05, 4.69) is 4.98 Å². The Labute approximate surface area is 169 Å². The third-order valence-electron chi connectivity index (χ3n) is 4.58. The van der Waals surface area contributed by atoms with Gasteiger partial charge in [-0.1, -0.05) is 18.2 Å². The first-order valence-electron chi connectivity index (χ1n) is 9.09. The van der Waals surface area contributed by atoms with E-state index in [1.807, 2.05) is 13.8 Å². The van der Waals surface area contributed by atoms with Crippen LogP contribution in [0.25, 0.3) is 11.3 Å². The molecular weight excluding hydrogens is 393 g/mol. The third kappa shape index (κ3) is 4.13. The van der Waals surface area contributed by atoms with Crippen molar-refractivity contribution in [2.24, 2.45) is 0 Å². The molecule has 0 bridgehead atoms. The van der Waals surface area contributed by atoms with Crippen molar-refractivity contribution in [2.45, 2.75) is 31.3 Å². The lowest BCUT2D eigenvalue weighted by atomic mass is 10.1. The highest BCUT2D eigenvalue weighted by atomic mass is 32.2. The number of hydrogen-bond donors (Lipinski definition) is 0. The lowest BCUT2D eigenvalue weighted by Gasteiger charge is -2.19. The van der Waals surface area contributed by atoms with Gasteiger partial charge in [0.1, 0.15) is 17.3 Å². The number of hydrogen-bond acceptors (Lipinski definition) is 4. The average Bonchev–Trinajstić information content (AvgIpc) is 3.07. The quantitative estimate of drug-likeness (QED) is 0.549. The van der Waals surface area contributed by atoms with E-state index >= 15 is 0 Å². The van der Waals surface area contributed by atoms with Gasteiger partial charge in [0, 0.05) is 18.7 Å². The van der Waals surface area contributed by atoms with Crippen molar-refractivity contribution >= 4 is 16.3 Å². The number of sulfonamides is 1. The maximum Gasteiger partial charge on any atom is 0.243 e. The lowest BCUT2D eigenvalue weighted by molar-refractivity contribution is 0.111. The van der Waals surface area contributed by atoms with Gasteiger partial charge in [0.05, 0.1) is 17.1 Å². The molecular formula is C21H22FN3O3S. The van der Waals surface area contributed by atoms with E-state index in [-0.39, 0.29) is 17.5 Å². The zero-order valence-corrected chi connectivity index (χ0v) is 17.2. The molecule has 0 N–H and O–H groups in total. The highest BCUT2D eigenvalue weighted by Crippen LogP contribution is 2.27. The van der Waals surface area contributed by atoms with Crippen LogP contribution in [0.1, 0.15) is 36.2 Å². The largest absolute Gasteiger partial charge is 0.322 e. The average molecular weight is 415 g/mol. The summed E-state index contributed by atoms with van der Waals surface area (Å²) < 4.78 is 41.9. The van der Waals surface area contributed by atoms with Crippen molar-refractivity contribution < 1.29 is 17.6 Å². The number of halogens is 1. The monoisotopic (exact) mass is 415 g/mol. The van der Waals surface area contributed by atoms with E-state index in [0.717, 1.165) is 0 Å². The van der Waals surface area contributed by atoms with Crippen LogP contribution < -0.4 is 0 Å². The van der Waals surface area contributed by atoms with Crippen LogP contribution in [-0.4, -0.2) is 35.6 Å². The smallest absolute Gasteiger partial charge is 0.243 e. The summed E-state index contributed by atoms with van der Waals surface area (Å²) in [5, 5.41) is 0. The van der Waals surface area contributed by atoms with Crippen molar-refractivity contribution in [2.75, 3.05) is 7.05 Å². The molecule has 1 aromatic heterocycles. The van der Waals surface area contributed by atoms with Crippen molar-refractivity contribution in [1.29, 1.82) is 0 Å². The minimum absolute atomic E-state index is 0.0164. The van der Waals surface area contributed by atoms with Gasteiger partial charge in [0.15, 0.2) is 6.29 Å². The lowest BCUT2D eigenvalue weighted by Crippen LogP contribution is -2.28. The van der Waals surface area contributed by atoms with E-state index in [1.165, 1.54) is 35.6 Å². The van der Waals surface area contributed by atoms with E-state index in [4.69, 9.17) is 0 Å². The first-order valence-corrected chi connectivity index (χ1v) is 10.5. The van der Waals surface area contributed by atoms with Crippen molar-refractivity contribution in [3.63, 3.8) is 0 Å². The molecule has 29 heavy (non-hydrogen) atoms. The SMILES string of the molecule is CC(C)n1c(CN(C)S(=O)(=O)c2ccccc2)nc(-c2ccc(F)cc2)c1C=O. The summed E-state index contributed by atoms with van der Waals surface area (Å²) in [6.45, 7) is 3.76. The maximum absolute atomic E-state index is 13.3. The van der Waals surface area contributed by atoms with Crippen molar-refractivity contribution in [3.8, 4) is 11.3 Å². The minimum Gasteiger partial charge on any atom is -0.322 e. The second-order valence-electron chi connectivity index (χ2n) is 6.92. The Morgan fingerprint density at radius 3 is 2.28 bits per heavy atom. The second kappa shape index (κ2) is 8.26. The van der Waals surface area contributed by atoms with E-state index in [9.17, 15) is 17.6 Å². The molecule has 0 spiro atoms. The third-order valence-corrected chi connectivity index (χ3v) is 6.40. The summed E-state index contributed by atoms with van der Waals surface area (Å²) in [5.74, 6) is 0.0436. The van der Waals surface area contributed by atoms with Gasteiger partial charge in [-0.3, -0.25) is 4.79 Å². The Morgan fingerprint density at radius 2 is 1.72 bits per heavy atom. The molecule has 0 aliphatic carbocycles. The van der Waals surface area contributed by atoms with Gasteiger partial charge < -0.3 is 4.57 Å². The van der Waals surface area contributed by atoms with Crippen LogP contribution in [-0.2, 0) is 16.6 Å². The molecule has 0 amide bonds. The van der Waals surface area contributed by atoms with Crippen LogP contribution in [0.5, 0.6) is 0 Å². The fraction of sp³-hybridized carbons (Fsp3) is 0.238. The molecule has 0 aliphatic rings. The van der Waals surface area contributed by atoms with Crippen LogP contribution >= 0.6 is 0 Å². The minimum atomic E-state index is -3.72. The van der Waals surface area contributed by atoms with E-state index in [1.54, 1.807) is 34.9 Å². The number of benzene rings is 2. The Hall–Kier alpha value is -2.84. The second-order valence-corrected chi connectivity index (χ2v) is 8.97. The van der Waals surface area contributed by atoms with Crippen LogP contribution in [0.2, 0.25) is 0 Å². The maximum atomic E-state index is 13.3. The normalized spacial score (nSPS) is 11.9. The molecule has 0 fully saturated rings. The Morgan fingerprint density at radius 1 is 1.10 bits per heavy atom. The molecule has 0 radical (unpaired) electrons. The standard InChI is InChI=1S/C21H22FN3O3S/c1-15(2)25-19(14-26)21(16-9-11-17(22)12-10-16)23-20(25)13-24(3)29(27,28)18-7-5-4-6-8-18/h4-12,14-15H,13H2,1-3H3. The molecule has 3 rings (SSSR count). The molecule has 152 valence electrons. The van der Waals surface area contributed by atoms with E-state index < -0.39 is 15.8 Å². The molecule has 0 unspecified atom stereocenters. The Bertz CT molecular complexity index is 1110. The number of aldehydes is 1.